The number of aryl methyl sites for hydroxylation is 2. The first kappa shape index (κ1) is 34.6. The van der Waals surface area contributed by atoms with Crippen molar-refractivity contribution in [2.24, 2.45) is 11.8 Å². The van der Waals surface area contributed by atoms with Gasteiger partial charge in [0.05, 0.1) is 5.41 Å². The summed E-state index contributed by atoms with van der Waals surface area (Å²) < 4.78 is 0. The molecule has 0 N–H and O–H groups in total. The first-order valence-corrected chi connectivity index (χ1v) is 21.7. The second-order valence-electron chi connectivity index (χ2n) is 17.8. The molecule has 1 spiro atoms. The summed E-state index contributed by atoms with van der Waals surface area (Å²) in [6.07, 6.45) is 5.60. The minimum Gasteiger partial charge on any atom is -0.310 e. The Kier molecular flexibility index (Phi) is 7.80. The molecule has 4 aliphatic carbocycles. The lowest BCUT2D eigenvalue weighted by molar-refractivity contribution is 0.420. The number of anilines is 3. The first-order valence-electron chi connectivity index (χ1n) is 21.7. The second kappa shape index (κ2) is 13.3. The Morgan fingerprint density at radius 3 is 1.53 bits per heavy atom. The van der Waals surface area contributed by atoms with Gasteiger partial charge in [0, 0.05) is 17.1 Å². The van der Waals surface area contributed by atoms with Gasteiger partial charge in [-0.15, -0.1) is 0 Å². The summed E-state index contributed by atoms with van der Waals surface area (Å²) in [4.78, 5) is 2.50. The van der Waals surface area contributed by atoms with Crippen LogP contribution in [0.4, 0.5) is 17.1 Å². The molecule has 12 rings (SSSR count). The summed E-state index contributed by atoms with van der Waals surface area (Å²) in [6.45, 7) is 4.48. The molecule has 3 unspecified atom stereocenters. The Hall–Kier alpha value is -6.44. The lowest BCUT2D eigenvalue weighted by atomic mass is 9.70. The summed E-state index contributed by atoms with van der Waals surface area (Å²) in [5, 5.41) is 0. The van der Waals surface area contributed by atoms with Crippen LogP contribution in [-0.4, -0.2) is 0 Å². The van der Waals surface area contributed by atoms with Crippen LogP contribution in [0.1, 0.15) is 70.5 Å². The van der Waals surface area contributed by atoms with Gasteiger partial charge in [-0.1, -0.05) is 163 Å². The molecule has 0 amide bonds. The van der Waals surface area contributed by atoms with Crippen LogP contribution in [0.2, 0.25) is 0 Å². The molecule has 2 saturated carbocycles. The number of hydrogen-bond acceptors (Lipinski definition) is 1. The predicted octanol–water partition coefficient (Wildman–Crippen LogP) is 15.4. The summed E-state index contributed by atoms with van der Waals surface area (Å²) in [6, 6.07) is 69.2. The molecule has 284 valence electrons. The van der Waals surface area contributed by atoms with Gasteiger partial charge in [0.25, 0.3) is 0 Å². The van der Waals surface area contributed by atoms with Gasteiger partial charge in [0.15, 0.2) is 0 Å². The smallest absolute Gasteiger partial charge is 0.0726 e. The number of hydrogen-bond donors (Lipinski definition) is 0. The zero-order chi connectivity index (χ0) is 39.2. The Labute approximate surface area is 348 Å². The van der Waals surface area contributed by atoms with E-state index in [0.29, 0.717) is 5.92 Å². The third-order valence-electron chi connectivity index (χ3n) is 14.5. The van der Waals surface area contributed by atoms with Crippen molar-refractivity contribution in [3.63, 3.8) is 0 Å². The van der Waals surface area contributed by atoms with Crippen LogP contribution in [0.15, 0.2) is 182 Å². The fraction of sp³-hybridized carbons (Fsp3) is 0.172. The third kappa shape index (κ3) is 5.23. The van der Waals surface area contributed by atoms with E-state index in [0.717, 1.165) is 17.5 Å². The van der Waals surface area contributed by atoms with Crippen molar-refractivity contribution >= 4 is 17.1 Å². The molecule has 8 aromatic rings. The molecule has 3 atom stereocenters. The molecular formula is C58H47N. The average Bonchev–Trinajstić information content (AvgIpc) is 4.06. The molecule has 0 radical (unpaired) electrons. The van der Waals surface area contributed by atoms with Crippen molar-refractivity contribution < 1.29 is 0 Å². The molecule has 0 saturated heterocycles. The fourth-order valence-corrected chi connectivity index (χ4v) is 11.9. The normalized spacial score (nSPS) is 18.7. The minimum absolute atomic E-state index is 0.410. The van der Waals surface area contributed by atoms with E-state index in [2.05, 4.69) is 201 Å². The first-order chi connectivity index (χ1) is 29.0. The SMILES string of the molecule is Cc1ccc2c(c1)C1(c3ccccc3-c3ccc(N(c4ccc(-c5ccccc5-c5ccccc5)cc4)c4ccc(C5CC6CCC5C6)cc4)cc31)c1cc(C)ccc1-2. The lowest BCUT2D eigenvalue weighted by Crippen LogP contribution is -2.26. The van der Waals surface area contributed by atoms with Crippen molar-refractivity contribution in [2.75, 3.05) is 4.90 Å². The number of fused-ring (bicyclic) bond motifs is 12. The van der Waals surface area contributed by atoms with Gasteiger partial charge in [0.2, 0.25) is 0 Å². The average molecular weight is 758 g/mol. The van der Waals surface area contributed by atoms with E-state index in [4.69, 9.17) is 0 Å². The number of rotatable bonds is 6. The van der Waals surface area contributed by atoms with E-state index in [1.807, 2.05) is 0 Å². The van der Waals surface area contributed by atoms with Crippen molar-refractivity contribution in [3.05, 3.63) is 221 Å². The van der Waals surface area contributed by atoms with E-state index < -0.39 is 5.41 Å². The van der Waals surface area contributed by atoms with Gasteiger partial charge >= 0.3 is 0 Å². The highest BCUT2D eigenvalue weighted by Crippen LogP contribution is 2.63. The van der Waals surface area contributed by atoms with Crippen LogP contribution in [0.3, 0.4) is 0 Å². The molecule has 1 nitrogen and oxygen atoms in total. The molecule has 0 heterocycles. The molecule has 2 fully saturated rings. The van der Waals surface area contributed by atoms with E-state index in [1.54, 1.807) is 0 Å². The highest BCUT2D eigenvalue weighted by Gasteiger charge is 2.52. The van der Waals surface area contributed by atoms with Gasteiger partial charge < -0.3 is 4.90 Å². The van der Waals surface area contributed by atoms with Crippen LogP contribution >= 0.6 is 0 Å². The van der Waals surface area contributed by atoms with Gasteiger partial charge in [-0.05, 0) is 160 Å². The van der Waals surface area contributed by atoms with E-state index >= 15 is 0 Å². The maximum atomic E-state index is 2.53. The Bertz CT molecular complexity index is 2870. The van der Waals surface area contributed by atoms with Crippen LogP contribution in [0.5, 0.6) is 0 Å². The maximum absolute atomic E-state index is 2.53. The monoisotopic (exact) mass is 757 g/mol. The quantitative estimate of drug-likeness (QED) is 0.163. The van der Waals surface area contributed by atoms with Crippen LogP contribution in [0.25, 0.3) is 44.5 Å². The zero-order valence-corrected chi connectivity index (χ0v) is 33.8. The summed E-state index contributed by atoms with van der Waals surface area (Å²) in [5.41, 5.74) is 23.0. The topological polar surface area (TPSA) is 3.24 Å². The molecule has 0 aliphatic heterocycles. The molecule has 4 aliphatic rings. The number of benzene rings is 8. The molecular weight excluding hydrogens is 711 g/mol. The van der Waals surface area contributed by atoms with E-state index in [9.17, 15) is 0 Å². The zero-order valence-electron chi connectivity index (χ0n) is 33.8. The fourth-order valence-electron chi connectivity index (χ4n) is 11.9. The van der Waals surface area contributed by atoms with Crippen LogP contribution < -0.4 is 4.90 Å². The molecule has 2 bridgehead atoms. The van der Waals surface area contributed by atoms with Crippen molar-refractivity contribution in [1.29, 1.82) is 0 Å². The predicted molar refractivity (Wildman–Crippen MR) is 246 cm³/mol. The second-order valence-corrected chi connectivity index (χ2v) is 17.8. The van der Waals surface area contributed by atoms with Crippen molar-refractivity contribution in [3.8, 4) is 44.5 Å². The highest BCUT2D eigenvalue weighted by atomic mass is 15.1. The number of nitrogens with zero attached hydrogens (tertiary/aromatic N) is 1. The Morgan fingerprint density at radius 1 is 0.407 bits per heavy atom. The summed E-state index contributed by atoms with van der Waals surface area (Å²) >= 11 is 0. The maximum Gasteiger partial charge on any atom is 0.0726 e. The molecule has 1 heteroatoms. The third-order valence-corrected chi connectivity index (χ3v) is 14.5. The largest absolute Gasteiger partial charge is 0.310 e. The molecule has 59 heavy (non-hydrogen) atoms. The minimum atomic E-state index is -0.410. The van der Waals surface area contributed by atoms with Crippen LogP contribution in [0, 0.1) is 25.7 Å². The van der Waals surface area contributed by atoms with Gasteiger partial charge in [0.1, 0.15) is 0 Å². The Balaban J connectivity index is 1.04. The van der Waals surface area contributed by atoms with E-state index in [1.165, 1.54) is 121 Å². The summed E-state index contributed by atoms with van der Waals surface area (Å²) in [5.74, 6) is 2.48. The van der Waals surface area contributed by atoms with E-state index in [-0.39, 0.29) is 0 Å². The van der Waals surface area contributed by atoms with Crippen molar-refractivity contribution in [2.45, 2.75) is 50.9 Å². The summed E-state index contributed by atoms with van der Waals surface area (Å²) in [7, 11) is 0. The Morgan fingerprint density at radius 2 is 0.915 bits per heavy atom. The van der Waals surface area contributed by atoms with Gasteiger partial charge in [-0.3, -0.25) is 0 Å². The van der Waals surface area contributed by atoms with Crippen LogP contribution in [-0.2, 0) is 5.41 Å². The lowest BCUT2D eigenvalue weighted by Gasteiger charge is -2.32. The van der Waals surface area contributed by atoms with Gasteiger partial charge in [-0.25, -0.2) is 0 Å². The molecule has 8 aromatic carbocycles. The highest BCUT2D eigenvalue weighted by molar-refractivity contribution is 5.96. The molecule has 0 aromatic heterocycles. The van der Waals surface area contributed by atoms with Crippen molar-refractivity contribution in [1.82, 2.24) is 0 Å². The standard InChI is InChI=1S/C58H47N/c1-37-16-29-50-51-30-17-38(2)33-56(51)58(55(50)32-37)54-15-9-8-14-49(54)52-31-28-46(36-57(52)58)59(45-26-22-42(23-27-45)53-35-39-18-19-43(53)34-39)44-24-20-41(21-25-44)48-13-7-6-12-47(48)40-10-4-3-5-11-40/h3-17,20-33,36,39,43,53H,18-19,34-35H2,1-2H3. The van der Waals surface area contributed by atoms with Gasteiger partial charge in [-0.2, -0.15) is 0 Å².